The number of aromatic nitrogens is 2. The number of aromatic amines is 2. The van der Waals surface area contributed by atoms with Gasteiger partial charge in [0.1, 0.15) is 11.4 Å². The molecule has 0 aliphatic heterocycles. The maximum absolute atomic E-state index is 12.2. The molecule has 0 bridgehead atoms. The Kier molecular flexibility index (Phi) is 6.81. The molecule has 0 aromatic carbocycles. The third-order valence-corrected chi connectivity index (χ3v) is 4.32. The first-order valence-electron chi connectivity index (χ1n) is 8.77. The fourth-order valence-electron chi connectivity index (χ4n) is 2.83. The van der Waals surface area contributed by atoms with Crippen LogP contribution in [-0.4, -0.2) is 40.7 Å². The molecule has 1 saturated carbocycles. The van der Waals surface area contributed by atoms with Gasteiger partial charge >= 0.3 is 11.8 Å². The second-order valence-corrected chi connectivity index (χ2v) is 6.35. The van der Waals surface area contributed by atoms with Crippen LogP contribution >= 0.6 is 0 Å². The molecule has 10 nitrogen and oxygen atoms in total. The topological polar surface area (TPSA) is 159 Å². The average Bonchev–Trinajstić information content (AvgIpc) is 2.60. The van der Waals surface area contributed by atoms with Crippen LogP contribution < -0.4 is 27.6 Å². The molecular formula is C16H25N5O5. The van der Waals surface area contributed by atoms with Crippen LogP contribution in [-0.2, 0) is 4.74 Å². The molecular weight excluding hydrogens is 342 g/mol. The highest BCUT2D eigenvalue weighted by Crippen LogP contribution is 2.19. The van der Waals surface area contributed by atoms with Crippen molar-refractivity contribution < 1.29 is 14.3 Å². The average molecular weight is 367 g/mol. The summed E-state index contributed by atoms with van der Waals surface area (Å²) < 4.78 is 5.07. The summed E-state index contributed by atoms with van der Waals surface area (Å²) in [5.74, 6) is -0.596. The molecule has 1 aromatic heterocycles. The van der Waals surface area contributed by atoms with Gasteiger partial charge in [0, 0.05) is 12.1 Å². The van der Waals surface area contributed by atoms with Crippen molar-refractivity contribution in [3.8, 4) is 0 Å². The number of unbranched alkanes of at least 4 members (excludes halogenated alkanes) is 1. The Morgan fingerprint density at radius 2 is 1.73 bits per heavy atom. The van der Waals surface area contributed by atoms with Gasteiger partial charge in [0.25, 0.3) is 11.5 Å². The van der Waals surface area contributed by atoms with E-state index in [9.17, 15) is 19.2 Å². The molecule has 6 N–H and O–H groups in total. The van der Waals surface area contributed by atoms with Crippen LogP contribution in [0, 0.1) is 0 Å². The molecule has 0 spiro atoms. The first-order valence-corrected chi connectivity index (χ1v) is 8.77. The summed E-state index contributed by atoms with van der Waals surface area (Å²) in [4.78, 5) is 50.9. The minimum atomic E-state index is -0.798. The molecule has 10 heteroatoms. The quantitative estimate of drug-likeness (QED) is 0.452. The monoisotopic (exact) mass is 367 g/mol. The Morgan fingerprint density at radius 1 is 1.12 bits per heavy atom. The van der Waals surface area contributed by atoms with Gasteiger partial charge in [-0.3, -0.25) is 14.6 Å². The summed E-state index contributed by atoms with van der Waals surface area (Å²) in [5, 5.41) is 5.58. The van der Waals surface area contributed by atoms with E-state index in [-0.39, 0.29) is 23.5 Å². The molecule has 2 rings (SSSR count). The van der Waals surface area contributed by atoms with Crippen molar-refractivity contribution in [1.29, 1.82) is 0 Å². The number of hydrogen-bond acceptors (Lipinski definition) is 6. The van der Waals surface area contributed by atoms with Gasteiger partial charge in [0.2, 0.25) is 0 Å². The first-order chi connectivity index (χ1) is 12.4. The fourth-order valence-corrected chi connectivity index (χ4v) is 2.83. The van der Waals surface area contributed by atoms with Crippen molar-refractivity contribution in [2.75, 3.05) is 12.3 Å². The van der Waals surface area contributed by atoms with Crippen molar-refractivity contribution in [2.24, 2.45) is 0 Å². The molecule has 144 valence electrons. The van der Waals surface area contributed by atoms with Gasteiger partial charge in [-0.25, -0.2) is 9.59 Å². The van der Waals surface area contributed by atoms with Crippen LogP contribution in [0.4, 0.5) is 10.5 Å². The zero-order valence-corrected chi connectivity index (χ0v) is 14.7. The lowest BCUT2D eigenvalue weighted by Gasteiger charge is -2.29. The lowest BCUT2D eigenvalue weighted by Crippen LogP contribution is -2.45. The number of H-pyrrole nitrogens is 2. The Morgan fingerprint density at radius 3 is 2.35 bits per heavy atom. The van der Waals surface area contributed by atoms with Gasteiger partial charge in [-0.2, -0.15) is 0 Å². The largest absolute Gasteiger partial charge is 0.450 e. The summed E-state index contributed by atoms with van der Waals surface area (Å²) in [6.07, 6.45) is 4.06. The van der Waals surface area contributed by atoms with Gasteiger partial charge in [-0.1, -0.05) is 13.3 Å². The van der Waals surface area contributed by atoms with Gasteiger partial charge in [0.05, 0.1) is 6.61 Å². The Hall–Kier alpha value is -2.78. The number of anilines is 1. The highest BCUT2D eigenvalue weighted by Gasteiger charge is 2.25. The smallest absolute Gasteiger partial charge is 0.407 e. The van der Waals surface area contributed by atoms with Crippen LogP contribution in [0.25, 0.3) is 0 Å². The van der Waals surface area contributed by atoms with Crippen LogP contribution in [0.1, 0.15) is 55.9 Å². The van der Waals surface area contributed by atoms with Crippen molar-refractivity contribution in [3.63, 3.8) is 0 Å². The van der Waals surface area contributed by atoms with Crippen LogP contribution in [0.3, 0.4) is 0 Å². The molecule has 26 heavy (non-hydrogen) atoms. The van der Waals surface area contributed by atoms with E-state index < -0.39 is 23.2 Å². The third kappa shape index (κ3) is 5.36. The van der Waals surface area contributed by atoms with Gasteiger partial charge < -0.3 is 26.1 Å². The summed E-state index contributed by atoms with van der Waals surface area (Å²) >= 11 is 0. The predicted molar refractivity (Wildman–Crippen MR) is 95.0 cm³/mol. The highest BCUT2D eigenvalue weighted by molar-refractivity contribution is 5.96. The molecule has 0 radical (unpaired) electrons. The molecule has 1 aromatic rings. The number of hydrogen-bond donors (Lipinski definition) is 5. The van der Waals surface area contributed by atoms with E-state index in [0.717, 1.165) is 12.8 Å². The Balaban J connectivity index is 1.82. The van der Waals surface area contributed by atoms with Crippen LogP contribution in [0.5, 0.6) is 0 Å². The lowest BCUT2D eigenvalue weighted by molar-refractivity contribution is 0.0916. The summed E-state index contributed by atoms with van der Waals surface area (Å²) in [6, 6.07) is -0.124. The molecule has 1 fully saturated rings. The summed E-state index contributed by atoms with van der Waals surface area (Å²) in [5.41, 5.74) is 3.40. The number of rotatable bonds is 6. The number of alkyl carbamates (subject to hydrolysis) is 1. The Bertz CT molecular complexity index is 748. The summed E-state index contributed by atoms with van der Waals surface area (Å²) in [6.45, 7) is 2.43. The van der Waals surface area contributed by atoms with E-state index in [4.69, 9.17) is 10.5 Å². The lowest BCUT2D eigenvalue weighted by atomic mass is 9.91. The predicted octanol–water partition coefficient (Wildman–Crippen LogP) is 0.213. The van der Waals surface area contributed by atoms with Gasteiger partial charge in [-0.15, -0.1) is 0 Å². The zero-order chi connectivity index (χ0) is 19.1. The van der Waals surface area contributed by atoms with E-state index in [1.807, 2.05) is 11.9 Å². The standard InChI is InChI=1S/C16H25N5O5/c1-2-3-8-26-16(25)19-10-6-4-9(5-7-10)18-14(23)12-11(17)13(22)21-15(24)20-12/h9-10H,2-8,17H2,1H3,(H,18,23)(H,19,25)(H2,20,21,22,24). The van der Waals surface area contributed by atoms with Gasteiger partial charge in [-0.05, 0) is 32.1 Å². The molecule has 1 heterocycles. The van der Waals surface area contributed by atoms with E-state index in [0.29, 0.717) is 32.3 Å². The number of ether oxygens (including phenoxy) is 1. The maximum Gasteiger partial charge on any atom is 0.407 e. The second-order valence-electron chi connectivity index (χ2n) is 6.35. The summed E-state index contributed by atoms with van der Waals surface area (Å²) in [7, 11) is 0. The third-order valence-electron chi connectivity index (χ3n) is 4.32. The number of carbonyl (C=O) groups excluding carboxylic acids is 2. The van der Waals surface area contributed by atoms with Crippen molar-refractivity contribution in [1.82, 2.24) is 20.6 Å². The van der Waals surface area contributed by atoms with Crippen LogP contribution in [0.2, 0.25) is 0 Å². The van der Waals surface area contributed by atoms with E-state index in [1.54, 1.807) is 0 Å². The van der Waals surface area contributed by atoms with E-state index in [2.05, 4.69) is 15.6 Å². The maximum atomic E-state index is 12.2. The second kappa shape index (κ2) is 9.07. The molecule has 0 saturated heterocycles. The normalized spacial score (nSPS) is 19.6. The molecule has 1 aliphatic rings. The van der Waals surface area contributed by atoms with Crippen LogP contribution in [0.15, 0.2) is 9.59 Å². The first kappa shape index (κ1) is 19.5. The van der Waals surface area contributed by atoms with E-state index >= 15 is 0 Å². The fraction of sp³-hybridized carbons (Fsp3) is 0.625. The molecule has 0 unspecified atom stereocenters. The molecule has 0 atom stereocenters. The number of amides is 2. The molecule has 2 amide bonds. The molecule has 1 aliphatic carbocycles. The zero-order valence-electron chi connectivity index (χ0n) is 14.7. The SMILES string of the molecule is CCCCOC(=O)NC1CCC(NC(=O)c2[nH]c(=O)[nH]c(=O)c2N)CC1. The Labute approximate surface area is 149 Å². The number of nitrogens with two attached hydrogens (primary N) is 1. The highest BCUT2D eigenvalue weighted by atomic mass is 16.5. The number of carbonyl (C=O) groups is 2. The number of nitrogen functional groups attached to an aromatic ring is 1. The number of nitrogens with one attached hydrogen (secondary N) is 4. The van der Waals surface area contributed by atoms with Crippen molar-refractivity contribution >= 4 is 17.7 Å². The van der Waals surface area contributed by atoms with Gasteiger partial charge in [0.15, 0.2) is 0 Å². The van der Waals surface area contributed by atoms with Crippen molar-refractivity contribution in [3.05, 3.63) is 26.5 Å². The van der Waals surface area contributed by atoms with Crippen molar-refractivity contribution in [2.45, 2.75) is 57.5 Å². The minimum Gasteiger partial charge on any atom is -0.450 e. The van der Waals surface area contributed by atoms with E-state index in [1.165, 1.54) is 0 Å². The minimum absolute atomic E-state index is 0.00160.